The van der Waals surface area contributed by atoms with Crippen LogP contribution in [-0.2, 0) is 21.0 Å². The van der Waals surface area contributed by atoms with Crippen LogP contribution in [0.1, 0.15) is 12.5 Å². The topological polar surface area (TPSA) is 93.7 Å². The van der Waals surface area contributed by atoms with Crippen LogP contribution in [0.15, 0.2) is 41.3 Å². The van der Waals surface area contributed by atoms with Gasteiger partial charge in [-0.25, -0.2) is 12.8 Å². The number of carbonyl (C=O) groups excluding carboxylic acids is 1. The van der Waals surface area contributed by atoms with Crippen molar-refractivity contribution in [1.82, 2.24) is 4.72 Å². The van der Waals surface area contributed by atoms with Crippen LogP contribution in [0.4, 0.5) is 23.2 Å². The molecule has 0 spiro atoms. The molecular weight excluding hydrogens is 432 g/mol. The number of nitrogens with one attached hydrogen (secondary N) is 2. The maximum absolute atomic E-state index is 13.3. The third-order valence-electron chi connectivity index (χ3n) is 3.93. The maximum atomic E-state index is 13.3. The Labute approximate surface area is 170 Å². The summed E-state index contributed by atoms with van der Waals surface area (Å²) < 4.78 is 88.9. The van der Waals surface area contributed by atoms with Gasteiger partial charge in [0, 0.05) is 11.8 Å². The van der Waals surface area contributed by atoms with Crippen LogP contribution in [0, 0.1) is 5.82 Å². The summed E-state index contributed by atoms with van der Waals surface area (Å²) in [5.74, 6) is -2.01. The molecule has 2 aromatic carbocycles. The Morgan fingerprint density at radius 1 is 1.03 bits per heavy atom. The van der Waals surface area contributed by atoms with Crippen LogP contribution < -0.4 is 19.5 Å². The Balaban J connectivity index is 2.17. The number of rotatable bonds is 7. The molecule has 30 heavy (non-hydrogen) atoms. The number of anilines is 1. The summed E-state index contributed by atoms with van der Waals surface area (Å²) in [5.41, 5.74) is -1.90. The molecule has 0 aliphatic heterocycles. The zero-order valence-electron chi connectivity index (χ0n) is 16.0. The van der Waals surface area contributed by atoms with Crippen molar-refractivity contribution in [3.8, 4) is 11.5 Å². The van der Waals surface area contributed by atoms with Crippen LogP contribution in [0.3, 0.4) is 0 Å². The summed E-state index contributed by atoms with van der Waals surface area (Å²) in [6, 6.07) is 4.31. The summed E-state index contributed by atoms with van der Waals surface area (Å²) >= 11 is 0. The highest BCUT2D eigenvalue weighted by molar-refractivity contribution is 7.89. The van der Waals surface area contributed by atoms with Crippen LogP contribution in [0.25, 0.3) is 0 Å². The second kappa shape index (κ2) is 8.88. The summed E-state index contributed by atoms with van der Waals surface area (Å²) in [5, 5.41) is 2.12. The van der Waals surface area contributed by atoms with E-state index in [1.165, 1.54) is 39.3 Å². The number of amides is 1. The van der Waals surface area contributed by atoms with Gasteiger partial charge in [-0.3, -0.25) is 4.79 Å². The number of carbonyl (C=O) groups is 1. The fourth-order valence-electron chi connectivity index (χ4n) is 2.41. The lowest BCUT2D eigenvalue weighted by Crippen LogP contribution is -2.41. The Hall–Kier alpha value is -2.86. The van der Waals surface area contributed by atoms with Crippen molar-refractivity contribution >= 4 is 21.6 Å². The number of hydrogen-bond donors (Lipinski definition) is 2. The SMILES string of the molecule is COc1ccc(S(=O)(=O)NC(C)C(=O)Nc2ccc(F)c(C(F)(F)F)c2)cc1OC. The first-order valence-corrected chi connectivity index (χ1v) is 9.79. The zero-order chi connectivity index (χ0) is 22.7. The molecule has 2 N–H and O–H groups in total. The number of ether oxygens (including phenoxy) is 2. The van der Waals surface area contributed by atoms with Gasteiger partial charge < -0.3 is 14.8 Å². The predicted octanol–water partition coefficient (Wildman–Crippen LogP) is 3.17. The van der Waals surface area contributed by atoms with E-state index in [0.29, 0.717) is 17.9 Å². The fourth-order valence-corrected chi connectivity index (χ4v) is 3.63. The van der Waals surface area contributed by atoms with Crippen molar-refractivity contribution in [3.05, 3.63) is 47.8 Å². The minimum atomic E-state index is -4.95. The molecule has 0 heterocycles. The number of sulfonamides is 1. The number of alkyl halides is 3. The van der Waals surface area contributed by atoms with Crippen LogP contribution in [-0.4, -0.2) is 34.6 Å². The molecule has 12 heteroatoms. The number of benzene rings is 2. The molecular formula is C18H18F4N2O5S. The first kappa shape index (κ1) is 23.4. The normalized spacial score (nSPS) is 12.9. The molecule has 1 amide bonds. The van der Waals surface area contributed by atoms with Crippen LogP contribution in [0.2, 0.25) is 0 Å². The number of hydrogen-bond acceptors (Lipinski definition) is 5. The second-order valence-electron chi connectivity index (χ2n) is 6.04. The highest BCUT2D eigenvalue weighted by Crippen LogP contribution is 2.33. The van der Waals surface area contributed by atoms with Crippen molar-refractivity contribution in [2.24, 2.45) is 0 Å². The molecule has 0 aliphatic rings. The van der Waals surface area contributed by atoms with E-state index in [-0.39, 0.29) is 16.3 Å². The quantitative estimate of drug-likeness (QED) is 0.632. The standard InChI is InChI=1S/C18H18F4N2O5S/c1-10(17(25)23-11-4-6-14(19)13(8-11)18(20,21)22)24-30(26,27)12-5-7-15(28-2)16(9-12)29-3/h4-10,24H,1-3H3,(H,23,25). The van der Waals surface area contributed by atoms with E-state index >= 15 is 0 Å². The highest BCUT2D eigenvalue weighted by atomic mass is 32.2. The first-order valence-electron chi connectivity index (χ1n) is 8.31. The van der Waals surface area contributed by atoms with E-state index in [1.54, 1.807) is 0 Å². The Kier molecular flexibility index (Phi) is 6.93. The molecule has 0 bridgehead atoms. The van der Waals surface area contributed by atoms with Gasteiger partial charge in [0.1, 0.15) is 5.82 Å². The smallest absolute Gasteiger partial charge is 0.419 e. The van der Waals surface area contributed by atoms with Gasteiger partial charge in [-0.2, -0.15) is 17.9 Å². The van der Waals surface area contributed by atoms with Gasteiger partial charge in [0.05, 0.1) is 30.7 Å². The molecule has 164 valence electrons. The van der Waals surface area contributed by atoms with Gasteiger partial charge >= 0.3 is 6.18 Å². The van der Waals surface area contributed by atoms with Crippen LogP contribution in [0.5, 0.6) is 11.5 Å². The van der Waals surface area contributed by atoms with E-state index in [2.05, 4.69) is 10.0 Å². The lowest BCUT2D eigenvalue weighted by atomic mass is 10.1. The van der Waals surface area contributed by atoms with Crippen molar-refractivity contribution in [2.75, 3.05) is 19.5 Å². The van der Waals surface area contributed by atoms with E-state index in [9.17, 15) is 30.8 Å². The van der Waals surface area contributed by atoms with Gasteiger partial charge in [-0.1, -0.05) is 0 Å². The van der Waals surface area contributed by atoms with E-state index in [1.807, 2.05) is 0 Å². The third kappa shape index (κ3) is 5.39. The van der Waals surface area contributed by atoms with Crippen LogP contribution >= 0.6 is 0 Å². The largest absolute Gasteiger partial charge is 0.493 e. The molecule has 0 fully saturated rings. The highest BCUT2D eigenvalue weighted by Gasteiger charge is 2.34. The molecule has 0 saturated heterocycles. The second-order valence-corrected chi connectivity index (χ2v) is 7.76. The molecule has 2 rings (SSSR count). The summed E-state index contributed by atoms with van der Waals surface area (Å²) in [6.07, 6.45) is -4.95. The van der Waals surface area contributed by atoms with E-state index in [0.717, 1.165) is 6.07 Å². The summed E-state index contributed by atoms with van der Waals surface area (Å²) in [4.78, 5) is 12.0. The minimum absolute atomic E-state index is 0.142. The van der Waals surface area contributed by atoms with Crippen molar-refractivity contribution in [1.29, 1.82) is 0 Å². The molecule has 0 saturated carbocycles. The number of halogens is 4. The average molecular weight is 450 g/mol. The Morgan fingerprint density at radius 3 is 2.23 bits per heavy atom. The first-order chi connectivity index (χ1) is 13.9. The van der Waals surface area contributed by atoms with Gasteiger partial charge in [-0.15, -0.1) is 0 Å². The Morgan fingerprint density at radius 2 is 1.67 bits per heavy atom. The van der Waals surface area contributed by atoms with E-state index in [4.69, 9.17) is 9.47 Å². The zero-order valence-corrected chi connectivity index (χ0v) is 16.8. The summed E-state index contributed by atoms with van der Waals surface area (Å²) in [7, 11) is -1.49. The lowest BCUT2D eigenvalue weighted by molar-refractivity contribution is -0.140. The molecule has 7 nitrogen and oxygen atoms in total. The Bertz CT molecular complexity index is 1040. The van der Waals surface area contributed by atoms with Gasteiger partial charge in [0.25, 0.3) is 0 Å². The van der Waals surface area contributed by atoms with Crippen molar-refractivity contribution in [2.45, 2.75) is 24.0 Å². The molecule has 0 radical (unpaired) electrons. The van der Waals surface area contributed by atoms with Gasteiger partial charge in [-0.05, 0) is 37.3 Å². The van der Waals surface area contributed by atoms with Crippen molar-refractivity contribution in [3.63, 3.8) is 0 Å². The molecule has 1 unspecified atom stereocenters. The van der Waals surface area contributed by atoms with Crippen molar-refractivity contribution < 1.29 is 40.2 Å². The maximum Gasteiger partial charge on any atom is 0.419 e. The number of methoxy groups -OCH3 is 2. The molecule has 1 atom stereocenters. The van der Waals surface area contributed by atoms with E-state index < -0.39 is 39.5 Å². The molecule has 0 aliphatic carbocycles. The molecule has 0 aromatic heterocycles. The average Bonchev–Trinajstić information content (AvgIpc) is 2.67. The monoisotopic (exact) mass is 450 g/mol. The fraction of sp³-hybridized carbons (Fsp3) is 0.278. The van der Waals surface area contributed by atoms with Gasteiger partial charge in [0.15, 0.2) is 11.5 Å². The predicted molar refractivity (Wildman–Crippen MR) is 99.4 cm³/mol. The van der Waals surface area contributed by atoms with Gasteiger partial charge in [0.2, 0.25) is 15.9 Å². The summed E-state index contributed by atoms with van der Waals surface area (Å²) in [6.45, 7) is 1.20. The molecule has 2 aromatic rings. The minimum Gasteiger partial charge on any atom is -0.493 e. The third-order valence-corrected chi connectivity index (χ3v) is 5.47. The lowest BCUT2D eigenvalue weighted by Gasteiger charge is -2.16.